The lowest BCUT2D eigenvalue weighted by Gasteiger charge is -2.26. The summed E-state index contributed by atoms with van der Waals surface area (Å²) >= 11 is 5.94. The third kappa shape index (κ3) is 4.24. The van der Waals surface area contributed by atoms with Crippen LogP contribution in [0.25, 0.3) is 0 Å². The number of hydrogen-bond donors (Lipinski definition) is 1. The monoisotopic (exact) mass is 350 g/mol. The van der Waals surface area contributed by atoms with E-state index < -0.39 is 5.82 Å². The second kappa shape index (κ2) is 8.13. The smallest absolute Gasteiger partial charge is 0.252 e. The number of amides is 1. The third-order valence-corrected chi connectivity index (χ3v) is 4.07. The predicted octanol–water partition coefficient (Wildman–Crippen LogP) is 3.52. The van der Waals surface area contributed by atoms with Crippen molar-refractivity contribution in [3.63, 3.8) is 0 Å². The first-order valence-electron chi connectivity index (χ1n) is 7.46. The molecule has 1 atom stereocenters. The maximum Gasteiger partial charge on any atom is 0.252 e. The summed E-state index contributed by atoms with van der Waals surface area (Å²) < 4.78 is 18.5. The average Bonchev–Trinajstić information content (AvgIpc) is 2.55. The Morgan fingerprint density at radius 1 is 1.29 bits per heavy atom. The van der Waals surface area contributed by atoms with Crippen molar-refractivity contribution in [3.8, 4) is 5.75 Å². The lowest BCUT2D eigenvalue weighted by molar-refractivity contribution is 0.0941. The molecule has 2 aromatic rings. The van der Waals surface area contributed by atoms with Crippen LogP contribution in [0.2, 0.25) is 5.02 Å². The normalized spacial score (nSPS) is 12.1. The Morgan fingerprint density at radius 2 is 2.00 bits per heavy atom. The Kier molecular flexibility index (Phi) is 6.17. The topological polar surface area (TPSA) is 41.6 Å². The fourth-order valence-corrected chi connectivity index (χ4v) is 2.72. The standard InChI is InChI=1S/C18H20ClFN2O2/c1-22(2)16(14-6-4-5-7-17(14)24-3)11-21-18(23)13-9-8-12(20)10-15(13)19/h4-10,16H,11H2,1-3H3,(H,21,23). The van der Waals surface area contributed by atoms with Gasteiger partial charge in [0.25, 0.3) is 5.91 Å². The van der Waals surface area contributed by atoms with Crippen LogP contribution in [0.1, 0.15) is 22.0 Å². The van der Waals surface area contributed by atoms with E-state index in [4.69, 9.17) is 16.3 Å². The lowest BCUT2D eigenvalue weighted by Crippen LogP contribution is -2.34. The molecule has 0 saturated carbocycles. The van der Waals surface area contributed by atoms with Crippen LogP contribution in [0.15, 0.2) is 42.5 Å². The van der Waals surface area contributed by atoms with Gasteiger partial charge < -0.3 is 15.0 Å². The largest absolute Gasteiger partial charge is 0.496 e. The van der Waals surface area contributed by atoms with Crippen LogP contribution in [0, 0.1) is 5.82 Å². The summed E-state index contributed by atoms with van der Waals surface area (Å²) in [5, 5.41) is 2.94. The van der Waals surface area contributed by atoms with Gasteiger partial charge in [-0.15, -0.1) is 0 Å². The van der Waals surface area contributed by atoms with E-state index in [0.29, 0.717) is 6.54 Å². The number of para-hydroxylation sites is 1. The minimum Gasteiger partial charge on any atom is -0.496 e. The first-order chi connectivity index (χ1) is 11.4. The molecule has 128 valence electrons. The molecule has 1 N–H and O–H groups in total. The second-order valence-corrected chi connectivity index (χ2v) is 5.96. The van der Waals surface area contributed by atoms with Crippen LogP contribution in [-0.4, -0.2) is 38.6 Å². The van der Waals surface area contributed by atoms with Crippen LogP contribution in [0.5, 0.6) is 5.75 Å². The van der Waals surface area contributed by atoms with E-state index in [2.05, 4.69) is 5.32 Å². The maximum absolute atomic E-state index is 13.1. The zero-order chi connectivity index (χ0) is 17.7. The molecule has 0 aliphatic carbocycles. The van der Waals surface area contributed by atoms with E-state index in [-0.39, 0.29) is 22.5 Å². The van der Waals surface area contributed by atoms with E-state index in [1.165, 1.54) is 12.1 Å². The van der Waals surface area contributed by atoms with Gasteiger partial charge in [-0.3, -0.25) is 4.79 Å². The summed E-state index contributed by atoms with van der Waals surface area (Å²) in [6.07, 6.45) is 0. The SMILES string of the molecule is COc1ccccc1C(CNC(=O)c1ccc(F)cc1Cl)N(C)C. The molecular weight excluding hydrogens is 331 g/mol. The molecule has 0 heterocycles. The second-order valence-electron chi connectivity index (χ2n) is 5.56. The van der Waals surface area contributed by atoms with Crippen LogP contribution in [0.3, 0.4) is 0 Å². The minimum atomic E-state index is -0.475. The first-order valence-corrected chi connectivity index (χ1v) is 7.84. The van der Waals surface area contributed by atoms with Gasteiger partial charge in [0.1, 0.15) is 11.6 Å². The number of halogens is 2. The summed E-state index contributed by atoms with van der Waals surface area (Å²) in [7, 11) is 5.46. The fourth-order valence-electron chi connectivity index (χ4n) is 2.47. The van der Waals surface area contributed by atoms with Crippen molar-refractivity contribution >= 4 is 17.5 Å². The van der Waals surface area contributed by atoms with Gasteiger partial charge in [-0.25, -0.2) is 4.39 Å². The number of carbonyl (C=O) groups is 1. The number of ether oxygens (including phenoxy) is 1. The van der Waals surface area contributed by atoms with E-state index in [1.54, 1.807) is 7.11 Å². The van der Waals surface area contributed by atoms with Gasteiger partial charge in [-0.1, -0.05) is 29.8 Å². The van der Waals surface area contributed by atoms with Crippen molar-refractivity contribution in [2.75, 3.05) is 27.7 Å². The van der Waals surface area contributed by atoms with Crippen molar-refractivity contribution in [2.45, 2.75) is 6.04 Å². The van der Waals surface area contributed by atoms with E-state index in [9.17, 15) is 9.18 Å². The van der Waals surface area contributed by atoms with Gasteiger partial charge in [0.15, 0.2) is 0 Å². The first kappa shape index (κ1) is 18.2. The Hall–Kier alpha value is -2.11. The van der Waals surface area contributed by atoms with Crippen LogP contribution < -0.4 is 10.1 Å². The molecular formula is C18H20ClFN2O2. The van der Waals surface area contributed by atoms with E-state index in [0.717, 1.165) is 17.4 Å². The molecule has 0 radical (unpaired) electrons. The summed E-state index contributed by atoms with van der Waals surface area (Å²) in [4.78, 5) is 14.3. The molecule has 6 heteroatoms. The summed E-state index contributed by atoms with van der Waals surface area (Å²) in [5.74, 6) is -0.0660. The highest BCUT2D eigenvalue weighted by atomic mass is 35.5. The maximum atomic E-state index is 13.1. The molecule has 0 spiro atoms. The number of nitrogens with one attached hydrogen (secondary N) is 1. The third-order valence-electron chi connectivity index (χ3n) is 3.75. The zero-order valence-electron chi connectivity index (χ0n) is 13.8. The van der Waals surface area contributed by atoms with Crippen molar-refractivity contribution < 1.29 is 13.9 Å². The molecule has 1 unspecified atom stereocenters. The molecule has 0 aliphatic rings. The predicted molar refractivity (Wildman–Crippen MR) is 93.2 cm³/mol. The Labute approximate surface area is 146 Å². The summed E-state index contributed by atoms with van der Waals surface area (Å²) in [5.41, 5.74) is 1.21. The van der Waals surface area contributed by atoms with Crippen molar-refractivity contribution in [1.29, 1.82) is 0 Å². The molecule has 24 heavy (non-hydrogen) atoms. The molecule has 2 rings (SSSR count). The highest BCUT2D eigenvalue weighted by Gasteiger charge is 2.20. The minimum absolute atomic E-state index is 0.0793. The summed E-state index contributed by atoms with van der Waals surface area (Å²) in [6.45, 7) is 0.361. The number of nitrogens with zero attached hydrogens (tertiary/aromatic N) is 1. The van der Waals surface area contributed by atoms with Gasteiger partial charge in [0, 0.05) is 12.1 Å². The molecule has 4 nitrogen and oxygen atoms in total. The zero-order valence-corrected chi connectivity index (χ0v) is 14.6. The van der Waals surface area contributed by atoms with Crippen molar-refractivity contribution in [2.24, 2.45) is 0 Å². The average molecular weight is 351 g/mol. The van der Waals surface area contributed by atoms with Crippen LogP contribution in [-0.2, 0) is 0 Å². The van der Waals surface area contributed by atoms with Crippen LogP contribution >= 0.6 is 11.6 Å². The van der Waals surface area contributed by atoms with E-state index in [1.807, 2.05) is 43.3 Å². The quantitative estimate of drug-likeness (QED) is 0.866. The molecule has 1 amide bonds. The Bertz CT molecular complexity index is 722. The van der Waals surface area contributed by atoms with Crippen molar-refractivity contribution in [3.05, 3.63) is 64.4 Å². The van der Waals surface area contributed by atoms with Gasteiger partial charge in [-0.05, 0) is 38.4 Å². The fraction of sp³-hybridized carbons (Fsp3) is 0.278. The Morgan fingerprint density at radius 3 is 2.62 bits per heavy atom. The molecule has 0 aliphatic heterocycles. The molecule has 0 bridgehead atoms. The van der Waals surface area contributed by atoms with Gasteiger partial charge in [-0.2, -0.15) is 0 Å². The van der Waals surface area contributed by atoms with Gasteiger partial charge >= 0.3 is 0 Å². The molecule has 2 aromatic carbocycles. The number of methoxy groups -OCH3 is 1. The molecule has 0 aromatic heterocycles. The number of carbonyl (C=O) groups excluding carboxylic acids is 1. The highest BCUT2D eigenvalue weighted by molar-refractivity contribution is 6.33. The number of hydrogen-bond acceptors (Lipinski definition) is 3. The molecule has 0 saturated heterocycles. The van der Waals surface area contributed by atoms with Gasteiger partial charge in [0.05, 0.1) is 23.7 Å². The molecule has 0 fully saturated rings. The summed E-state index contributed by atoms with van der Waals surface area (Å²) in [6, 6.07) is 11.3. The number of likely N-dealkylation sites (N-methyl/N-ethyl adjacent to an activating group) is 1. The highest BCUT2D eigenvalue weighted by Crippen LogP contribution is 2.27. The number of benzene rings is 2. The van der Waals surface area contributed by atoms with Gasteiger partial charge in [0.2, 0.25) is 0 Å². The Balaban J connectivity index is 2.16. The lowest BCUT2D eigenvalue weighted by atomic mass is 10.0. The number of rotatable bonds is 6. The van der Waals surface area contributed by atoms with Crippen molar-refractivity contribution in [1.82, 2.24) is 10.2 Å². The van der Waals surface area contributed by atoms with E-state index >= 15 is 0 Å². The van der Waals surface area contributed by atoms with Crippen LogP contribution in [0.4, 0.5) is 4.39 Å².